The maximum Gasteiger partial charge on any atom is 0.122 e. The van der Waals surface area contributed by atoms with Crippen molar-refractivity contribution in [1.29, 1.82) is 0 Å². The first-order chi connectivity index (χ1) is 9.10. The number of ether oxygens (including phenoxy) is 1. The summed E-state index contributed by atoms with van der Waals surface area (Å²) in [7, 11) is 1.97. The van der Waals surface area contributed by atoms with Crippen molar-refractivity contribution in [1.82, 2.24) is 5.32 Å². The molecule has 0 atom stereocenters. The van der Waals surface area contributed by atoms with E-state index in [0.29, 0.717) is 6.61 Å². The second kappa shape index (κ2) is 6.22. The number of thiophene rings is 1. The number of hydrogen-bond donors (Lipinski definition) is 1. The average Bonchev–Trinajstić information content (AvgIpc) is 2.69. The number of nitrogens with one attached hydrogen (secondary N) is 1. The summed E-state index contributed by atoms with van der Waals surface area (Å²) in [6, 6.07) is 8.54. The monoisotopic (exact) mass is 275 g/mol. The highest BCUT2D eigenvalue weighted by molar-refractivity contribution is 7.12. The summed E-state index contributed by atoms with van der Waals surface area (Å²) in [6.07, 6.45) is 0. The molecular weight excluding hydrogens is 254 g/mol. The van der Waals surface area contributed by atoms with E-state index >= 15 is 0 Å². The van der Waals surface area contributed by atoms with Gasteiger partial charge in [0.05, 0.1) is 0 Å². The Bertz CT molecular complexity index is 560. The van der Waals surface area contributed by atoms with Gasteiger partial charge in [-0.1, -0.05) is 17.7 Å². The highest BCUT2D eigenvalue weighted by Gasteiger charge is 2.07. The summed E-state index contributed by atoms with van der Waals surface area (Å²) < 4.78 is 5.94. The van der Waals surface area contributed by atoms with E-state index in [1.165, 1.54) is 26.4 Å². The predicted octanol–water partition coefficient (Wildman–Crippen LogP) is 3.97. The van der Waals surface area contributed by atoms with E-state index in [1.54, 1.807) is 0 Å². The first-order valence-corrected chi connectivity index (χ1v) is 7.34. The van der Waals surface area contributed by atoms with Gasteiger partial charge < -0.3 is 10.1 Å². The quantitative estimate of drug-likeness (QED) is 0.891. The van der Waals surface area contributed by atoms with Gasteiger partial charge >= 0.3 is 0 Å². The molecule has 0 radical (unpaired) electrons. The summed E-state index contributed by atoms with van der Waals surface area (Å²) in [5.74, 6) is 0.978. The highest BCUT2D eigenvalue weighted by Crippen LogP contribution is 2.25. The lowest BCUT2D eigenvalue weighted by atomic mass is 10.1. The van der Waals surface area contributed by atoms with Gasteiger partial charge in [-0.25, -0.2) is 0 Å². The van der Waals surface area contributed by atoms with Crippen molar-refractivity contribution in [2.24, 2.45) is 0 Å². The largest absolute Gasteiger partial charge is 0.489 e. The summed E-state index contributed by atoms with van der Waals surface area (Å²) in [5.41, 5.74) is 3.76. The zero-order valence-corrected chi connectivity index (χ0v) is 12.9. The third-order valence-corrected chi connectivity index (χ3v) is 4.23. The molecule has 0 amide bonds. The molecule has 102 valence electrons. The Labute approximate surface area is 119 Å². The fourth-order valence-corrected chi connectivity index (χ4v) is 3.17. The van der Waals surface area contributed by atoms with Gasteiger partial charge in [-0.15, -0.1) is 11.3 Å². The maximum absolute atomic E-state index is 5.94. The van der Waals surface area contributed by atoms with Gasteiger partial charge in [0.2, 0.25) is 0 Å². The zero-order chi connectivity index (χ0) is 13.8. The Morgan fingerprint density at radius 1 is 1.16 bits per heavy atom. The number of hydrogen-bond acceptors (Lipinski definition) is 3. The molecule has 3 heteroatoms. The summed E-state index contributed by atoms with van der Waals surface area (Å²) in [5, 5.41) is 3.18. The third-order valence-electron chi connectivity index (χ3n) is 3.14. The van der Waals surface area contributed by atoms with Crippen molar-refractivity contribution in [3.63, 3.8) is 0 Å². The van der Waals surface area contributed by atoms with Crippen molar-refractivity contribution in [3.8, 4) is 5.75 Å². The molecule has 0 aliphatic carbocycles. The van der Waals surface area contributed by atoms with Crippen LogP contribution in [0.5, 0.6) is 5.75 Å². The molecule has 0 fully saturated rings. The van der Waals surface area contributed by atoms with Gasteiger partial charge in [-0.2, -0.15) is 0 Å². The first-order valence-electron chi connectivity index (χ1n) is 6.53. The fourth-order valence-electron chi connectivity index (χ4n) is 2.11. The van der Waals surface area contributed by atoms with E-state index in [-0.39, 0.29) is 0 Å². The Balaban J connectivity index is 2.05. The molecule has 1 heterocycles. The van der Waals surface area contributed by atoms with Crippen molar-refractivity contribution >= 4 is 11.3 Å². The van der Waals surface area contributed by atoms with Crippen molar-refractivity contribution in [3.05, 3.63) is 50.7 Å². The van der Waals surface area contributed by atoms with Crippen LogP contribution in [0.25, 0.3) is 0 Å². The van der Waals surface area contributed by atoms with E-state index in [1.807, 2.05) is 18.4 Å². The van der Waals surface area contributed by atoms with E-state index in [9.17, 15) is 0 Å². The van der Waals surface area contributed by atoms with E-state index < -0.39 is 0 Å². The number of aryl methyl sites for hydroxylation is 3. The van der Waals surface area contributed by atoms with Crippen LogP contribution in [0.4, 0.5) is 0 Å². The summed E-state index contributed by atoms with van der Waals surface area (Å²) in [4.78, 5) is 2.70. The molecule has 1 aromatic heterocycles. The van der Waals surface area contributed by atoms with Crippen LogP contribution in [0.1, 0.15) is 26.4 Å². The lowest BCUT2D eigenvalue weighted by molar-refractivity contribution is 0.304. The average molecular weight is 275 g/mol. The minimum atomic E-state index is 0.649. The summed E-state index contributed by atoms with van der Waals surface area (Å²) >= 11 is 1.84. The van der Waals surface area contributed by atoms with Gasteiger partial charge in [0, 0.05) is 21.9 Å². The molecular formula is C16H21NOS. The highest BCUT2D eigenvalue weighted by atomic mass is 32.1. The Hall–Kier alpha value is -1.32. The standard InChI is InChI=1S/C16H21NOS/c1-11-5-6-16(12(2)7-11)18-10-14-8-15(9-17-4)19-13(14)3/h5-8,17H,9-10H2,1-4H3. The molecule has 0 saturated carbocycles. The van der Waals surface area contributed by atoms with E-state index in [4.69, 9.17) is 4.74 Å². The van der Waals surface area contributed by atoms with E-state index in [0.717, 1.165) is 12.3 Å². The number of benzene rings is 1. The maximum atomic E-state index is 5.94. The molecule has 2 nitrogen and oxygen atoms in total. The normalized spacial score (nSPS) is 10.7. The molecule has 0 aliphatic rings. The molecule has 1 aromatic carbocycles. The van der Waals surface area contributed by atoms with Gasteiger partial charge in [-0.3, -0.25) is 0 Å². The van der Waals surface area contributed by atoms with Gasteiger partial charge in [-0.05, 0) is 45.5 Å². The van der Waals surface area contributed by atoms with Crippen molar-refractivity contribution < 1.29 is 4.74 Å². The number of rotatable bonds is 5. The molecule has 2 rings (SSSR count). The Morgan fingerprint density at radius 2 is 1.95 bits per heavy atom. The van der Waals surface area contributed by atoms with Crippen LogP contribution in [-0.2, 0) is 13.2 Å². The molecule has 19 heavy (non-hydrogen) atoms. The minimum absolute atomic E-state index is 0.649. The Morgan fingerprint density at radius 3 is 2.63 bits per heavy atom. The van der Waals surface area contributed by atoms with Crippen LogP contribution in [0.2, 0.25) is 0 Å². The first kappa shape index (κ1) is 14.1. The van der Waals surface area contributed by atoms with Crippen LogP contribution in [0, 0.1) is 20.8 Å². The van der Waals surface area contributed by atoms with Crippen LogP contribution in [-0.4, -0.2) is 7.05 Å². The Kier molecular flexibility index (Phi) is 4.61. The van der Waals surface area contributed by atoms with Crippen molar-refractivity contribution in [2.45, 2.75) is 33.9 Å². The molecule has 0 unspecified atom stereocenters. The fraction of sp³-hybridized carbons (Fsp3) is 0.375. The predicted molar refractivity (Wildman–Crippen MR) is 82.1 cm³/mol. The van der Waals surface area contributed by atoms with Crippen LogP contribution in [0.15, 0.2) is 24.3 Å². The van der Waals surface area contributed by atoms with Crippen LogP contribution in [0.3, 0.4) is 0 Å². The molecule has 0 aliphatic heterocycles. The minimum Gasteiger partial charge on any atom is -0.489 e. The second-order valence-electron chi connectivity index (χ2n) is 4.88. The van der Waals surface area contributed by atoms with Gasteiger partial charge in [0.25, 0.3) is 0 Å². The van der Waals surface area contributed by atoms with Crippen molar-refractivity contribution in [2.75, 3.05) is 7.05 Å². The van der Waals surface area contributed by atoms with Gasteiger partial charge in [0.1, 0.15) is 12.4 Å². The second-order valence-corrected chi connectivity index (χ2v) is 6.22. The topological polar surface area (TPSA) is 21.3 Å². The lowest BCUT2D eigenvalue weighted by Gasteiger charge is -2.09. The SMILES string of the molecule is CNCc1cc(COc2ccc(C)cc2C)c(C)s1. The van der Waals surface area contributed by atoms with Crippen LogP contribution >= 0.6 is 11.3 Å². The lowest BCUT2D eigenvalue weighted by Crippen LogP contribution is -2.03. The molecule has 1 N–H and O–H groups in total. The molecule has 0 bridgehead atoms. The van der Waals surface area contributed by atoms with Gasteiger partial charge in [0.15, 0.2) is 0 Å². The third kappa shape index (κ3) is 3.58. The smallest absolute Gasteiger partial charge is 0.122 e. The molecule has 0 saturated heterocycles. The van der Waals surface area contributed by atoms with E-state index in [2.05, 4.69) is 50.4 Å². The van der Waals surface area contributed by atoms with Crippen LogP contribution < -0.4 is 10.1 Å². The molecule has 0 spiro atoms. The molecule has 2 aromatic rings. The summed E-state index contributed by atoms with van der Waals surface area (Å²) in [6.45, 7) is 7.93. The zero-order valence-electron chi connectivity index (χ0n) is 12.0.